The van der Waals surface area contributed by atoms with Crippen molar-refractivity contribution in [1.82, 2.24) is 0 Å². The van der Waals surface area contributed by atoms with Gasteiger partial charge in [0.2, 0.25) is 0 Å². The molecule has 0 spiro atoms. The number of hydrogen-bond donors (Lipinski definition) is 0. The molecule has 5 heteroatoms. The zero-order valence-corrected chi connectivity index (χ0v) is 17.2. The van der Waals surface area contributed by atoms with Crippen molar-refractivity contribution in [1.29, 1.82) is 0 Å². The van der Waals surface area contributed by atoms with Gasteiger partial charge in [0, 0.05) is 6.42 Å². The Labute approximate surface area is 163 Å². The van der Waals surface area contributed by atoms with Crippen LogP contribution in [0.1, 0.15) is 71.8 Å². The molecule has 5 nitrogen and oxygen atoms in total. The van der Waals surface area contributed by atoms with Crippen LogP contribution in [-0.4, -0.2) is 30.8 Å². The molecule has 1 aromatic rings. The molecule has 0 fully saturated rings. The van der Waals surface area contributed by atoms with E-state index in [-0.39, 0.29) is 11.9 Å². The largest absolute Gasteiger partial charge is 0.476 e. The molecule has 0 aromatic heterocycles. The zero-order valence-electron chi connectivity index (χ0n) is 17.2. The van der Waals surface area contributed by atoms with Gasteiger partial charge in [-0.2, -0.15) is 0 Å². The van der Waals surface area contributed by atoms with Gasteiger partial charge in [-0.3, -0.25) is 4.79 Å². The summed E-state index contributed by atoms with van der Waals surface area (Å²) in [7, 11) is 0. The molecule has 0 saturated heterocycles. The van der Waals surface area contributed by atoms with Crippen LogP contribution < -0.4 is 4.74 Å². The molecule has 0 N–H and O–H groups in total. The summed E-state index contributed by atoms with van der Waals surface area (Å²) in [4.78, 5) is 23.2. The number of ether oxygens (including phenoxy) is 3. The lowest BCUT2D eigenvalue weighted by Crippen LogP contribution is -2.39. The van der Waals surface area contributed by atoms with Crippen LogP contribution in [0.25, 0.3) is 0 Å². The molecule has 1 rings (SSSR count). The maximum absolute atomic E-state index is 12.0. The second-order valence-corrected chi connectivity index (χ2v) is 7.05. The highest BCUT2D eigenvalue weighted by molar-refractivity contribution is 5.79. The quantitative estimate of drug-likeness (QED) is 0.362. The van der Waals surface area contributed by atoms with E-state index in [1.54, 1.807) is 20.8 Å². The SMILES string of the molecule is CCOC(=O)CCCCCCCc1cccc(OC(C)(C)C(=O)OCC)c1. The Morgan fingerprint density at radius 2 is 1.59 bits per heavy atom. The third kappa shape index (κ3) is 9.45. The van der Waals surface area contributed by atoms with Crippen molar-refractivity contribution >= 4 is 11.9 Å². The zero-order chi connectivity index (χ0) is 20.1. The smallest absolute Gasteiger partial charge is 0.349 e. The van der Waals surface area contributed by atoms with Crippen LogP contribution in [0.4, 0.5) is 0 Å². The molecule has 152 valence electrons. The number of aryl methyl sites for hydroxylation is 1. The monoisotopic (exact) mass is 378 g/mol. The number of rotatable bonds is 13. The predicted molar refractivity (Wildman–Crippen MR) is 106 cm³/mol. The first-order valence-corrected chi connectivity index (χ1v) is 9.99. The number of benzene rings is 1. The molecule has 0 bridgehead atoms. The van der Waals surface area contributed by atoms with Gasteiger partial charge < -0.3 is 14.2 Å². The molecule has 0 heterocycles. The lowest BCUT2D eigenvalue weighted by atomic mass is 10.0. The van der Waals surface area contributed by atoms with Gasteiger partial charge in [-0.15, -0.1) is 0 Å². The molecule has 0 saturated carbocycles. The Morgan fingerprint density at radius 3 is 2.30 bits per heavy atom. The maximum Gasteiger partial charge on any atom is 0.349 e. The van der Waals surface area contributed by atoms with Crippen molar-refractivity contribution in [3.63, 3.8) is 0 Å². The highest BCUT2D eigenvalue weighted by Crippen LogP contribution is 2.22. The molecule has 0 aliphatic rings. The van der Waals surface area contributed by atoms with E-state index in [1.165, 1.54) is 5.56 Å². The Hall–Kier alpha value is -2.04. The Balaban J connectivity index is 2.32. The van der Waals surface area contributed by atoms with E-state index < -0.39 is 5.60 Å². The van der Waals surface area contributed by atoms with Crippen LogP contribution in [-0.2, 0) is 25.5 Å². The van der Waals surface area contributed by atoms with E-state index in [4.69, 9.17) is 14.2 Å². The summed E-state index contributed by atoms with van der Waals surface area (Å²) in [5, 5.41) is 0. The molecule has 27 heavy (non-hydrogen) atoms. The van der Waals surface area contributed by atoms with Crippen molar-refractivity contribution in [2.75, 3.05) is 13.2 Å². The third-order valence-electron chi connectivity index (χ3n) is 4.19. The minimum atomic E-state index is -1.01. The molecular weight excluding hydrogens is 344 g/mol. The minimum absolute atomic E-state index is 0.0972. The highest BCUT2D eigenvalue weighted by Gasteiger charge is 2.31. The first kappa shape index (κ1) is 23.0. The molecule has 1 aromatic carbocycles. The van der Waals surface area contributed by atoms with Gasteiger partial charge in [-0.25, -0.2) is 4.79 Å². The third-order valence-corrected chi connectivity index (χ3v) is 4.19. The lowest BCUT2D eigenvalue weighted by molar-refractivity contribution is -0.158. The van der Waals surface area contributed by atoms with Crippen LogP contribution in [0.5, 0.6) is 5.75 Å². The summed E-state index contributed by atoms with van der Waals surface area (Å²) in [5.74, 6) is 0.221. The van der Waals surface area contributed by atoms with Gasteiger partial charge >= 0.3 is 11.9 Å². The van der Waals surface area contributed by atoms with E-state index in [1.807, 2.05) is 25.1 Å². The minimum Gasteiger partial charge on any atom is -0.476 e. The molecule has 0 amide bonds. The second kappa shape index (κ2) is 12.4. The van der Waals surface area contributed by atoms with Crippen molar-refractivity contribution in [3.05, 3.63) is 29.8 Å². The maximum atomic E-state index is 12.0. The first-order valence-electron chi connectivity index (χ1n) is 9.99. The lowest BCUT2D eigenvalue weighted by Gasteiger charge is -2.24. The van der Waals surface area contributed by atoms with Crippen LogP contribution >= 0.6 is 0 Å². The number of carbonyl (C=O) groups excluding carboxylic acids is 2. The second-order valence-electron chi connectivity index (χ2n) is 7.05. The van der Waals surface area contributed by atoms with Gasteiger partial charge in [-0.05, 0) is 64.7 Å². The average molecular weight is 379 g/mol. The van der Waals surface area contributed by atoms with Gasteiger partial charge in [-0.1, -0.05) is 31.4 Å². The van der Waals surface area contributed by atoms with E-state index in [9.17, 15) is 9.59 Å². The van der Waals surface area contributed by atoms with Crippen LogP contribution in [0.2, 0.25) is 0 Å². The van der Waals surface area contributed by atoms with Crippen LogP contribution in [0, 0.1) is 0 Å². The predicted octanol–water partition coefficient (Wildman–Crippen LogP) is 4.85. The summed E-state index contributed by atoms with van der Waals surface area (Å²) in [6.45, 7) is 7.84. The molecule has 0 aliphatic heterocycles. The van der Waals surface area contributed by atoms with Gasteiger partial charge in [0.05, 0.1) is 13.2 Å². The summed E-state index contributed by atoms with van der Waals surface area (Å²) in [6.07, 6.45) is 6.76. The van der Waals surface area contributed by atoms with E-state index in [0.29, 0.717) is 25.4 Å². The summed E-state index contributed by atoms with van der Waals surface area (Å²) >= 11 is 0. The van der Waals surface area contributed by atoms with E-state index in [0.717, 1.165) is 38.5 Å². The van der Waals surface area contributed by atoms with Gasteiger partial charge in [0.1, 0.15) is 5.75 Å². The van der Waals surface area contributed by atoms with Crippen molar-refractivity contribution in [2.24, 2.45) is 0 Å². The molecule has 0 aliphatic carbocycles. The van der Waals surface area contributed by atoms with E-state index in [2.05, 4.69) is 6.07 Å². The van der Waals surface area contributed by atoms with Crippen molar-refractivity contribution in [3.8, 4) is 5.75 Å². The Kier molecular flexibility index (Phi) is 10.5. The molecule has 0 radical (unpaired) electrons. The number of esters is 2. The van der Waals surface area contributed by atoms with Crippen LogP contribution in [0.3, 0.4) is 0 Å². The molecular formula is C22H34O5. The Bertz CT molecular complexity index is 580. The fourth-order valence-corrected chi connectivity index (χ4v) is 2.77. The van der Waals surface area contributed by atoms with Gasteiger partial charge in [0.25, 0.3) is 0 Å². The van der Waals surface area contributed by atoms with Crippen LogP contribution in [0.15, 0.2) is 24.3 Å². The van der Waals surface area contributed by atoms with Crippen molar-refractivity contribution < 1.29 is 23.8 Å². The van der Waals surface area contributed by atoms with Gasteiger partial charge in [0.15, 0.2) is 5.60 Å². The summed E-state index contributed by atoms with van der Waals surface area (Å²) in [5.41, 5.74) is 0.187. The molecule has 0 atom stereocenters. The Morgan fingerprint density at radius 1 is 0.926 bits per heavy atom. The summed E-state index contributed by atoms with van der Waals surface area (Å²) in [6, 6.07) is 7.87. The standard InChI is InChI=1S/C22H34O5/c1-5-25-20(23)16-11-9-7-8-10-13-18-14-12-15-19(17-18)27-22(3,4)21(24)26-6-2/h12,14-15,17H,5-11,13,16H2,1-4H3. The van der Waals surface area contributed by atoms with Crippen molar-refractivity contribution in [2.45, 2.75) is 78.2 Å². The summed E-state index contributed by atoms with van der Waals surface area (Å²) < 4.78 is 15.8. The highest BCUT2D eigenvalue weighted by atomic mass is 16.6. The first-order chi connectivity index (χ1) is 12.9. The van der Waals surface area contributed by atoms with E-state index >= 15 is 0 Å². The fourth-order valence-electron chi connectivity index (χ4n) is 2.77. The normalized spacial score (nSPS) is 11.1. The number of unbranched alkanes of at least 4 members (excludes halogenated alkanes) is 4. The molecule has 0 unspecified atom stereocenters. The fraction of sp³-hybridized carbons (Fsp3) is 0.636. The number of hydrogen-bond acceptors (Lipinski definition) is 5. The number of carbonyl (C=O) groups is 2. The average Bonchev–Trinajstić information content (AvgIpc) is 2.61. The topological polar surface area (TPSA) is 61.8 Å².